The highest BCUT2D eigenvalue weighted by molar-refractivity contribution is 5.83. The Morgan fingerprint density at radius 2 is 1.90 bits per heavy atom. The zero-order valence-corrected chi connectivity index (χ0v) is 12.9. The van der Waals surface area contributed by atoms with E-state index in [0.29, 0.717) is 19.5 Å². The van der Waals surface area contributed by atoms with Crippen molar-refractivity contribution < 1.29 is 14.7 Å². The third-order valence-corrected chi connectivity index (χ3v) is 4.62. The summed E-state index contributed by atoms with van der Waals surface area (Å²) < 4.78 is 0. The molecule has 1 unspecified atom stereocenters. The van der Waals surface area contributed by atoms with Gasteiger partial charge in [-0.05, 0) is 45.7 Å². The molecule has 2 fully saturated rings. The van der Waals surface area contributed by atoms with Crippen LogP contribution < -0.4 is 5.32 Å². The summed E-state index contributed by atoms with van der Waals surface area (Å²) in [6, 6.07) is -0.504. The van der Waals surface area contributed by atoms with Crippen LogP contribution in [0.15, 0.2) is 0 Å². The Kier molecular flexibility index (Phi) is 5.85. The van der Waals surface area contributed by atoms with E-state index >= 15 is 0 Å². The van der Waals surface area contributed by atoms with Crippen molar-refractivity contribution in [2.75, 3.05) is 26.2 Å². The van der Waals surface area contributed by atoms with Crippen LogP contribution in [-0.4, -0.2) is 65.2 Å². The number of aliphatic carboxylic acids is 1. The maximum absolute atomic E-state index is 12.9. The molecular weight excluding hydrogens is 270 g/mol. The Labute approximate surface area is 126 Å². The highest BCUT2D eigenvalue weighted by Crippen LogP contribution is 2.21. The van der Waals surface area contributed by atoms with Crippen LogP contribution in [0.25, 0.3) is 0 Å². The molecule has 21 heavy (non-hydrogen) atoms. The fourth-order valence-corrected chi connectivity index (χ4v) is 3.43. The van der Waals surface area contributed by atoms with Gasteiger partial charge in [-0.1, -0.05) is 12.8 Å². The molecule has 0 aromatic carbocycles. The van der Waals surface area contributed by atoms with Crippen molar-refractivity contribution in [1.29, 1.82) is 0 Å². The number of nitrogens with zero attached hydrogens (tertiary/aromatic N) is 2. The molecule has 0 bridgehead atoms. The molecule has 2 N–H and O–H groups in total. The van der Waals surface area contributed by atoms with E-state index in [1.807, 2.05) is 11.8 Å². The Bertz CT molecular complexity index is 369. The first kappa shape index (κ1) is 16.1. The molecule has 2 aliphatic heterocycles. The zero-order chi connectivity index (χ0) is 15.2. The van der Waals surface area contributed by atoms with Crippen LogP contribution in [0.1, 0.15) is 45.4 Å². The molecule has 1 atom stereocenters. The Morgan fingerprint density at radius 3 is 2.52 bits per heavy atom. The van der Waals surface area contributed by atoms with Gasteiger partial charge in [-0.2, -0.15) is 0 Å². The molecule has 0 aliphatic carbocycles. The number of rotatable bonds is 3. The largest absolute Gasteiger partial charge is 0.480 e. The fourth-order valence-electron chi connectivity index (χ4n) is 3.43. The third kappa shape index (κ3) is 3.87. The number of likely N-dealkylation sites (tertiary alicyclic amines) is 1. The number of nitrogens with one attached hydrogen (secondary N) is 1. The van der Waals surface area contributed by atoms with Crippen LogP contribution >= 0.6 is 0 Å². The molecule has 2 heterocycles. The van der Waals surface area contributed by atoms with Crippen LogP contribution in [-0.2, 0) is 4.79 Å². The summed E-state index contributed by atoms with van der Waals surface area (Å²) >= 11 is 0. The smallest absolute Gasteiger partial charge is 0.326 e. The van der Waals surface area contributed by atoms with Gasteiger partial charge in [-0.3, -0.25) is 0 Å². The SMILES string of the molecule is CCN(C(=O)N1CCCCCC1C(=O)O)C1CCNCC1. The number of carbonyl (C=O) groups is 2. The molecule has 2 saturated heterocycles. The minimum atomic E-state index is -0.869. The summed E-state index contributed by atoms with van der Waals surface area (Å²) in [5, 5.41) is 12.7. The molecule has 6 heteroatoms. The van der Waals surface area contributed by atoms with Gasteiger partial charge in [0.15, 0.2) is 0 Å². The third-order valence-electron chi connectivity index (χ3n) is 4.62. The normalized spacial score (nSPS) is 24.4. The lowest BCUT2D eigenvalue weighted by molar-refractivity contribution is -0.142. The van der Waals surface area contributed by atoms with Crippen molar-refractivity contribution in [3.63, 3.8) is 0 Å². The first-order valence-corrected chi connectivity index (χ1v) is 8.16. The molecule has 6 nitrogen and oxygen atoms in total. The van der Waals surface area contributed by atoms with Crippen molar-refractivity contribution in [2.45, 2.75) is 57.5 Å². The van der Waals surface area contributed by atoms with Gasteiger partial charge in [0.05, 0.1) is 0 Å². The first-order valence-electron chi connectivity index (χ1n) is 8.16. The van der Waals surface area contributed by atoms with Crippen LogP contribution in [0, 0.1) is 0 Å². The second-order valence-electron chi connectivity index (χ2n) is 5.95. The molecule has 120 valence electrons. The predicted molar refractivity (Wildman–Crippen MR) is 80.3 cm³/mol. The Balaban J connectivity index is 2.11. The summed E-state index contributed by atoms with van der Waals surface area (Å²) in [6.45, 7) is 5.05. The number of carbonyl (C=O) groups excluding carboxylic acids is 1. The van der Waals surface area contributed by atoms with Gasteiger partial charge in [0, 0.05) is 19.1 Å². The number of hydrogen-bond acceptors (Lipinski definition) is 3. The van der Waals surface area contributed by atoms with E-state index in [4.69, 9.17) is 0 Å². The maximum atomic E-state index is 12.9. The molecule has 2 aliphatic rings. The summed E-state index contributed by atoms with van der Waals surface area (Å²) in [4.78, 5) is 27.8. The van der Waals surface area contributed by atoms with E-state index < -0.39 is 12.0 Å². The van der Waals surface area contributed by atoms with Gasteiger partial charge in [-0.15, -0.1) is 0 Å². The highest BCUT2D eigenvalue weighted by atomic mass is 16.4. The number of urea groups is 1. The zero-order valence-electron chi connectivity index (χ0n) is 12.9. The summed E-state index contributed by atoms with van der Waals surface area (Å²) in [5.41, 5.74) is 0. The number of amides is 2. The Hall–Kier alpha value is -1.30. The van der Waals surface area contributed by atoms with Crippen molar-refractivity contribution in [3.8, 4) is 0 Å². The van der Waals surface area contributed by atoms with Crippen LogP contribution in [0.4, 0.5) is 4.79 Å². The molecule has 0 saturated carbocycles. The molecular formula is C15H27N3O3. The van der Waals surface area contributed by atoms with Gasteiger partial charge in [0.1, 0.15) is 6.04 Å². The lowest BCUT2D eigenvalue weighted by Crippen LogP contribution is -2.55. The summed E-state index contributed by atoms with van der Waals surface area (Å²) in [5.74, 6) is -0.869. The first-order chi connectivity index (χ1) is 10.1. The van der Waals surface area contributed by atoms with Gasteiger partial charge in [0.25, 0.3) is 0 Å². The summed E-state index contributed by atoms with van der Waals surface area (Å²) in [6.07, 6.45) is 5.27. The van der Waals surface area contributed by atoms with Crippen molar-refractivity contribution in [2.24, 2.45) is 0 Å². The average Bonchev–Trinajstić information content (AvgIpc) is 2.74. The predicted octanol–water partition coefficient (Wildman–Crippen LogP) is 1.51. The minimum absolute atomic E-state index is 0.0845. The summed E-state index contributed by atoms with van der Waals surface area (Å²) in [7, 11) is 0. The van der Waals surface area contributed by atoms with Crippen molar-refractivity contribution in [1.82, 2.24) is 15.1 Å². The van der Waals surface area contributed by atoms with Crippen molar-refractivity contribution >= 4 is 12.0 Å². The molecule has 0 spiro atoms. The fraction of sp³-hybridized carbons (Fsp3) is 0.867. The minimum Gasteiger partial charge on any atom is -0.480 e. The van der Waals surface area contributed by atoms with E-state index in [1.54, 1.807) is 4.90 Å². The molecule has 2 amide bonds. The quantitative estimate of drug-likeness (QED) is 0.828. The Morgan fingerprint density at radius 1 is 1.19 bits per heavy atom. The lowest BCUT2D eigenvalue weighted by Gasteiger charge is -2.38. The van der Waals surface area contributed by atoms with Crippen LogP contribution in [0.3, 0.4) is 0 Å². The molecule has 0 aromatic heterocycles. The van der Waals surface area contributed by atoms with E-state index in [-0.39, 0.29) is 12.1 Å². The van der Waals surface area contributed by atoms with Gasteiger partial charge >= 0.3 is 12.0 Å². The van der Waals surface area contributed by atoms with E-state index in [9.17, 15) is 14.7 Å². The maximum Gasteiger partial charge on any atom is 0.326 e. The number of hydrogen-bond donors (Lipinski definition) is 2. The van der Waals surface area contributed by atoms with E-state index in [0.717, 1.165) is 45.2 Å². The molecule has 2 rings (SSSR count). The number of carboxylic acid groups (broad SMARTS) is 1. The monoisotopic (exact) mass is 297 g/mol. The second kappa shape index (κ2) is 7.64. The highest BCUT2D eigenvalue weighted by Gasteiger charge is 2.35. The standard InChI is InChI=1S/C15H27N3O3/c1-2-17(12-7-9-16-10-8-12)15(21)18-11-5-3-4-6-13(18)14(19)20/h12-13,16H,2-11H2,1H3,(H,19,20). The van der Waals surface area contributed by atoms with Gasteiger partial charge in [-0.25, -0.2) is 9.59 Å². The molecule has 0 aromatic rings. The lowest BCUT2D eigenvalue weighted by atomic mass is 10.0. The van der Waals surface area contributed by atoms with E-state index in [1.165, 1.54) is 0 Å². The van der Waals surface area contributed by atoms with Gasteiger partial charge in [0.2, 0.25) is 0 Å². The molecule has 0 radical (unpaired) electrons. The van der Waals surface area contributed by atoms with E-state index in [2.05, 4.69) is 5.32 Å². The van der Waals surface area contributed by atoms with Crippen LogP contribution in [0.5, 0.6) is 0 Å². The van der Waals surface area contributed by atoms with Crippen LogP contribution in [0.2, 0.25) is 0 Å². The van der Waals surface area contributed by atoms with Crippen molar-refractivity contribution in [3.05, 3.63) is 0 Å². The average molecular weight is 297 g/mol. The topological polar surface area (TPSA) is 72.9 Å². The number of carboxylic acids is 1. The second-order valence-corrected chi connectivity index (χ2v) is 5.95. The van der Waals surface area contributed by atoms with Gasteiger partial charge < -0.3 is 20.2 Å². The number of piperidine rings is 1.